The van der Waals surface area contributed by atoms with Crippen molar-refractivity contribution < 1.29 is 0 Å². The first kappa shape index (κ1) is 7.80. The Morgan fingerprint density at radius 3 is 2.82 bits per heavy atom. The highest BCUT2D eigenvalue weighted by atomic mass is 15.2. The fraction of sp³-hybridized carbons (Fsp3) is 0.111. The topological polar surface area (TPSA) is 38.0 Å². The molecule has 0 saturated heterocycles. The van der Waals surface area contributed by atoms with Gasteiger partial charge in [0.05, 0.1) is 0 Å². The molecule has 1 rings (SSSR count). The van der Waals surface area contributed by atoms with E-state index in [9.17, 15) is 0 Å². The number of benzene rings is 1. The Labute approximate surface area is 66.4 Å². The van der Waals surface area contributed by atoms with Crippen molar-refractivity contribution in [2.24, 2.45) is 5.84 Å². The van der Waals surface area contributed by atoms with Crippen LogP contribution < -0.4 is 11.3 Å². The van der Waals surface area contributed by atoms with Gasteiger partial charge < -0.3 is 0 Å². The second kappa shape index (κ2) is 3.77. The van der Waals surface area contributed by atoms with Gasteiger partial charge in [-0.3, -0.25) is 11.3 Å². The molecule has 0 aromatic heterocycles. The van der Waals surface area contributed by atoms with Crippen LogP contribution >= 0.6 is 0 Å². The van der Waals surface area contributed by atoms with Crippen molar-refractivity contribution in [1.82, 2.24) is 5.43 Å². The molecule has 3 N–H and O–H groups in total. The molecule has 1 aromatic carbocycles. The summed E-state index contributed by atoms with van der Waals surface area (Å²) in [5, 5.41) is 0. The third kappa shape index (κ3) is 1.81. The van der Waals surface area contributed by atoms with Gasteiger partial charge in [-0.15, -0.1) is 6.42 Å². The number of hydrogen-bond donors (Lipinski definition) is 2. The standard InChI is InChI=1S/C9H10N2/c1-2-8-5-3-4-6-9(8)7-11-10/h1,3-6,11H,7,10H2. The van der Waals surface area contributed by atoms with E-state index >= 15 is 0 Å². The lowest BCUT2D eigenvalue weighted by Crippen LogP contribution is -2.21. The van der Waals surface area contributed by atoms with Gasteiger partial charge >= 0.3 is 0 Å². The van der Waals surface area contributed by atoms with E-state index in [0.717, 1.165) is 11.1 Å². The summed E-state index contributed by atoms with van der Waals surface area (Å²) in [6.45, 7) is 0.611. The zero-order valence-electron chi connectivity index (χ0n) is 6.17. The average molecular weight is 146 g/mol. The van der Waals surface area contributed by atoms with E-state index in [4.69, 9.17) is 12.3 Å². The van der Waals surface area contributed by atoms with Gasteiger partial charge in [-0.2, -0.15) is 0 Å². The Bertz CT molecular complexity index is 273. The van der Waals surface area contributed by atoms with Crippen molar-refractivity contribution in [3.8, 4) is 12.3 Å². The van der Waals surface area contributed by atoms with Gasteiger partial charge in [0.1, 0.15) is 0 Å². The molecule has 2 heteroatoms. The van der Waals surface area contributed by atoms with Gasteiger partial charge in [0.25, 0.3) is 0 Å². The van der Waals surface area contributed by atoms with Gasteiger partial charge in [0, 0.05) is 12.1 Å². The Morgan fingerprint density at radius 2 is 2.18 bits per heavy atom. The van der Waals surface area contributed by atoms with Crippen LogP contribution in [0.5, 0.6) is 0 Å². The molecule has 0 unspecified atom stereocenters. The lowest BCUT2D eigenvalue weighted by Gasteiger charge is -2.01. The molecule has 1 aromatic rings. The zero-order chi connectivity index (χ0) is 8.10. The molecule has 0 amide bonds. The van der Waals surface area contributed by atoms with Crippen molar-refractivity contribution in [1.29, 1.82) is 0 Å². The quantitative estimate of drug-likeness (QED) is 0.365. The second-order valence-corrected chi connectivity index (χ2v) is 2.18. The van der Waals surface area contributed by atoms with E-state index in [2.05, 4.69) is 11.3 Å². The Kier molecular flexibility index (Phi) is 2.67. The maximum Gasteiger partial charge on any atom is 0.0361 e. The predicted octanol–water partition coefficient (Wildman–Crippen LogP) is 0.631. The number of hydrazine groups is 1. The molecular formula is C9H10N2. The first-order valence-corrected chi connectivity index (χ1v) is 3.36. The van der Waals surface area contributed by atoms with Crippen LogP contribution in [0.15, 0.2) is 24.3 Å². The third-order valence-corrected chi connectivity index (χ3v) is 1.47. The van der Waals surface area contributed by atoms with Crippen molar-refractivity contribution in [2.75, 3.05) is 0 Å². The first-order chi connectivity index (χ1) is 5.38. The summed E-state index contributed by atoms with van der Waals surface area (Å²) in [6, 6.07) is 7.70. The molecule has 0 aliphatic heterocycles. The SMILES string of the molecule is C#Cc1ccccc1CNN. The minimum Gasteiger partial charge on any atom is -0.271 e. The monoisotopic (exact) mass is 146 g/mol. The van der Waals surface area contributed by atoms with E-state index in [1.165, 1.54) is 0 Å². The summed E-state index contributed by atoms with van der Waals surface area (Å²) in [7, 11) is 0. The fourth-order valence-electron chi connectivity index (χ4n) is 0.925. The number of hydrogen-bond acceptors (Lipinski definition) is 2. The van der Waals surface area contributed by atoms with Gasteiger partial charge in [0.15, 0.2) is 0 Å². The molecule has 0 spiro atoms. The maximum atomic E-state index is 5.26. The van der Waals surface area contributed by atoms with Crippen LogP contribution in [-0.4, -0.2) is 0 Å². The van der Waals surface area contributed by atoms with Gasteiger partial charge in [-0.25, -0.2) is 0 Å². The highest BCUT2D eigenvalue weighted by Crippen LogP contribution is 2.05. The zero-order valence-corrected chi connectivity index (χ0v) is 6.17. The number of rotatable bonds is 2. The van der Waals surface area contributed by atoms with Gasteiger partial charge in [0.2, 0.25) is 0 Å². The molecule has 0 atom stereocenters. The van der Waals surface area contributed by atoms with Crippen molar-refractivity contribution in [3.05, 3.63) is 35.4 Å². The van der Waals surface area contributed by atoms with E-state index in [1.54, 1.807) is 0 Å². The molecule has 0 bridgehead atoms. The van der Waals surface area contributed by atoms with Crippen LogP contribution in [0.2, 0.25) is 0 Å². The largest absolute Gasteiger partial charge is 0.271 e. The minimum absolute atomic E-state index is 0.611. The molecule has 0 radical (unpaired) electrons. The lowest BCUT2D eigenvalue weighted by molar-refractivity contribution is 0.740. The number of terminal acetylenes is 1. The second-order valence-electron chi connectivity index (χ2n) is 2.18. The molecule has 0 saturated carbocycles. The average Bonchev–Trinajstić information content (AvgIpc) is 2.06. The van der Waals surface area contributed by atoms with E-state index in [-0.39, 0.29) is 0 Å². The van der Waals surface area contributed by atoms with Crippen LogP contribution in [0.3, 0.4) is 0 Å². The normalized spacial score (nSPS) is 9.09. The molecule has 0 fully saturated rings. The van der Waals surface area contributed by atoms with Crippen LogP contribution in [0, 0.1) is 12.3 Å². The first-order valence-electron chi connectivity index (χ1n) is 3.36. The molecule has 0 aliphatic rings. The molecule has 0 heterocycles. The summed E-state index contributed by atoms with van der Waals surface area (Å²) in [5.41, 5.74) is 4.51. The lowest BCUT2D eigenvalue weighted by atomic mass is 10.1. The molecular weight excluding hydrogens is 136 g/mol. The molecule has 56 valence electrons. The Balaban J connectivity index is 2.95. The summed E-state index contributed by atoms with van der Waals surface area (Å²) >= 11 is 0. The number of nitrogens with one attached hydrogen (secondary N) is 1. The Morgan fingerprint density at radius 1 is 1.45 bits per heavy atom. The van der Waals surface area contributed by atoms with Crippen LogP contribution in [0.1, 0.15) is 11.1 Å². The predicted molar refractivity (Wildman–Crippen MR) is 45.4 cm³/mol. The van der Waals surface area contributed by atoms with Crippen LogP contribution in [0.4, 0.5) is 0 Å². The fourth-order valence-corrected chi connectivity index (χ4v) is 0.925. The summed E-state index contributed by atoms with van der Waals surface area (Å²) < 4.78 is 0. The van der Waals surface area contributed by atoms with Gasteiger partial charge in [-0.1, -0.05) is 24.1 Å². The summed E-state index contributed by atoms with van der Waals surface area (Å²) in [4.78, 5) is 0. The van der Waals surface area contributed by atoms with E-state index < -0.39 is 0 Å². The smallest absolute Gasteiger partial charge is 0.0361 e. The molecule has 11 heavy (non-hydrogen) atoms. The molecule has 0 aliphatic carbocycles. The van der Waals surface area contributed by atoms with Crippen LogP contribution in [-0.2, 0) is 6.54 Å². The maximum absolute atomic E-state index is 5.26. The highest BCUT2D eigenvalue weighted by molar-refractivity contribution is 5.39. The molecule has 2 nitrogen and oxygen atoms in total. The van der Waals surface area contributed by atoms with Crippen LogP contribution in [0.25, 0.3) is 0 Å². The van der Waals surface area contributed by atoms with Gasteiger partial charge in [-0.05, 0) is 11.6 Å². The van der Waals surface area contributed by atoms with Crippen molar-refractivity contribution in [3.63, 3.8) is 0 Å². The minimum atomic E-state index is 0.611. The summed E-state index contributed by atoms with van der Waals surface area (Å²) in [6.07, 6.45) is 5.26. The summed E-state index contributed by atoms with van der Waals surface area (Å²) in [5.74, 6) is 7.75. The van der Waals surface area contributed by atoms with Crippen molar-refractivity contribution >= 4 is 0 Å². The Hall–Kier alpha value is -1.30. The van der Waals surface area contributed by atoms with Crippen molar-refractivity contribution in [2.45, 2.75) is 6.54 Å². The highest BCUT2D eigenvalue weighted by Gasteiger charge is 1.95. The number of nitrogens with two attached hydrogens (primary N) is 1. The third-order valence-electron chi connectivity index (χ3n) is 1.47. The van der Waals surface area contributed by atoms with E-state index in [1.807, 2.05) is 24.3 Å². The van der Waals surface area contributed by atoms with E-state index in [0.29, 0.717) is 6.54 Å².